The Morgan fingerprint density at radius 3 is 3.05 bits per heavy atom. The van der Waals surface area contributed by atoms with E-state index in [1.54, 1.807) is 6.20 Å². The van der Waals surface area contributed by atoms with Gasteiger partial charge in [-0.25, -0.2) is 9.97 Å². The third kappa shape index (κ3) is 2.79. The van der Waals surface area contributed by atoms with Crippen molar-refractivity contribution in [1.29, 1.82) is 5.26 Å². The summed E-state index contributed by atoms with van der Waals surface area (Å²) >= 11 is 0. The Morgan fingerprint density at radius 2 is 2.19 bits per heavy atom. The highest BCUT2D eigenvalue weighted by molar-refractivity contribution is 5.56. The first-order chi connectivity index (χ1) is 10.3. The Bertz CT molecular complexity index is 689. The molecule has 1 aliphatic heterocycles. The number of fused-ring (bicyclic) bond motifs is 1. The number of hydrogen-bond donors (Lipinski definition) is 1. The molecule has 0 atom stereocenters. The van der Waals surface area contributed by atoms with E-state index >= 15 is 0 Å². The van der Waals surface area contributed by atoms with E-state index in [0.717, 1.165) is 13.0 Å². The van der Waals surface area contributed by atoms with Crippen LogP contribution in [0.4, 0.5) is 11.5 Å². The maximum absolute atomic E-state index is 9.00. The van der Waals surface area contributed by atoms with Gasteiger partial charge in [0.2, 0.25) is 0 Å². The van der Waals surface area contributed by atoms with Crippen LogP contribution in [0, 0.1) is 11.3 Å². The molecule has 0 aliphatic carbocycles. The number of nitrogens with one attached hydrogen (secondary N) is 1. The van der Waals surface area contributed by atoms with Gasteiger partial charge in [0.05, 0.1) is 0 Å². The number of rotatable bonds is 3. The van der Waals surface area contributed by atoms with Crippen LogP contribution in [-0.2, 0) is 13.0 Å². The van der Waals surface area contributed by atoms with Crippen molar-refractivity contribution in [2.45, 2.75) is 19.4 Å². The zero-order valence-electron chi connectivity index (χ0n) is 12.0. The number of anilines is 2. The van der Waals surface area contributed by atoms with E-state index in [-0.39, 0.29) is 0 Å². The van der Waals surface area contributed by atoms with Crippen LogP contribution in [0.5, 0.6) is 0 Å². The van der Waals surface area contributed by atoms with Gasteiger partial charge in [-0.2, -0.15) is 5.26 Å². The van der Waals surface area contributed by atoms with Crippen molar-refractivity contribution in [2.75, 3.05) is 23.8 Å². The first-order valence-electron chi connectivity index (χ1n) is 7.06. The van der Waals surface area contributed by atoms with Gasteiger partial charge in [-0.05, 0) is 30.0 Å². The van der Waals surface area contributed by atoms with Crippen molar-refractivity contribution in [3.63, 3.8) is 0 Å². The Hall–Kier alpha value is -2.61. The lowest BCUT2D eigenvalue weighted by Crippen LogP contribution is -2.24. The van der Waals surface area contributed by atoms with Crippen molar-refractivity contribution < 1.29 is 0 Å². The summed E-state index contributed by atoms with van der Waals surface area (Å²) < 4.78 is 0. The lowest BCUT2D eigenvalue weighted by atomic mass is 9.99. The molecule has 1 N–H and O–H groups in total. The SMILES string of the molecule is CN1CCCc2cc(CNc3nccnc3C#N)ccc21. The van der Waals surface area contributed by atoms with E-state index in [1.165, 1.54) is 29.4 Å². The van der Waals surface area contributed by atoms with E-state index in [0.29, 0.717) is 18.1 Å². The second-order valence-electron chi connectivity index (χ2n) is 5.21. The van der Waals surface area contributed by atoms with Gasteiger partial charge < -0.3 is 10.2 Å². The molecule has 106 valence electrons. The average molecular weight is 279 g/mol. The van der Waals surface area contributed by atoms with Crippen molar-refractivity contribution >= 4 is 11.5 Å². The predicted octanol–water partition coefficient (Wildman–Crippen LogP) is 2.34. The third-order valence-corrected chi connectivity index (χ3v) is 3.76. The van der Waals surface area contributed by atoms with E-state index in [2.05, 4.69) is 45.4 Å². The second kappa shape index (κ2) is 5.80. The van der Waals surface area contributed by atoms with E-state index < -0.39 is 0 Å². The molecule has 5 heteroatoms. The number of aryl methyl sites for hydroxylation is 1. The van der Waals surface area contributed by atoms with E-state index in [9.17, 15) is 0 Å². The summed E-state index contributed by atoms with van der Waals surface area (Å²) in [6, 6.07) is 8.58. The minimum Gasteiger partial charge on any atom is -0.374 e. The standard InChI is InChI=1S/C16H17N5/c1-21-8-2-3-13-9-12(4-5-15(13)21)11-20-16-14(10-17)18-6-7-19-16/h4-7,9H,2-3,8,11H2,1H3,(H,19,20). The second-order valence-corrected chi connectivity index (χ2v) is 5.21. The molecular weight excluding hydrogens is 262 g/mol. The van der Waals surface area contributed by atoms with Crippen LogP contribution in [0.1, 0.15) is 23.2 Å². The largest absolute Gasteiger partial charge is 0.374 e. The summed E-state index contributed by atoms with van der Waals surface area (Å²) in [5, 5.41) is 12.2. The topological polar surface area (TPSA) is 64.8 Å². The molecule has 0 unspecified atom stereocenters. The highest BCUT2D eigenvalue weighted by atomic mass is 15.1. The van der Waals surface area contributed by atoms with Crippen molar-refractivity contribution in [3.05, 3.63) is 47.4 Å². The van der Waals surface area contributed by atoms with Gasteiger partial charge in [-0.1, -0.05) is 12.1 Å². The average Bonchev–Trinajstić information content (AvgIpc) is 2.53. The van der Waals surface area contributed by atoms with Gasteiger partial charge in [0.1, 0.15) is 6.07 Å². The zero-order chi connectivity index (χ0) is 14.7. The van der Waals surface area contributed by atoms with Crippen LogP contribution in [0.3, 0.4) is 0 Å². The van der Waals surface area contributed by atoms with Crippen molar-refractivity contribution in [2.24, 2.45) is 0 Å². The zero-order valence-corrected chi connectivity index (χ0v) is 12.0. The summed E-state index contributed by atoms with van der Waals surface area (Å²) in [6.07, 6.45) is 5.44. The fourth-order valence-electron chi connectivity index (χ4n) is 2.68. The molecule has 0 spiro atoms. The number of nitriles is 1. The number of nitrogens with zero attached hydrogens (tertiary/aromatic N) is 4. The molecule has 2 aromatic rings. The van der Waals surface area contributed by atoms with E-state index in [1.807, 2.05) is 6.07 Å². The number of aromatic nitrogens is 2. The number of benzene rings is 1. The van der Waals surface area contributed by atoms with Crippen LogP contribution in [0.2, 0.25) is 0 Å². The number of hydrogen-bond acceptors (Lipinski definition) is 5. The molecule has 21 heavy (non-hydrogen) atoms. The van der Waals surface area contributed by atoms with Crippen LogP contribution in [0.25, 0.3) is 0 Å². The smallest absolute Gasteiger partial charge is 0.182 e. The summed E-state index contributed by atoms with van der Waals surface area (Å²) in [5.41, 5.74) is 4.23. The van der Waals surface area contributed by atoms with Gasteiger partial charge in [0.25, 0.3) is 0 Å². The molecular formula is C16H17N5. The summed E-state index contributed by atoms with van der Waals surface area (Å²) in [4.78, 5) is 10.5. The normalized spacial score (nSPS) is 13.4. The molecule has 5 nitrogen and oxygen atoms in total. The molecule has 0 saturated heterocycles. The molecule has 3 rings (SSSR count). The van der Waals surface area contributed by atoms with Gasteiger partial charge in [-0.3, -0.25) is 0 Å². The minimum atomic E-state index is 0.329. The maximum Gasteiger partial charge on any atom is 0.182 e. The first kappa shape index (κ1) is 13.4. The Labute approximate surface area is 124 Å². The summed E-state index contributed by atoms with van der Waals surface area (Å²) in [5.74, 6) is 0.537. The summed E-state index contributed by atoms with van der Waals surface area (Å²) in [7, 11) is 2.13. The molecule has 1 aromatic carbocycles. The molecule has 0 amide bonds. The molecule has 1 aromatic heterocycles. The quantitative estimate of drug-likeness (QED) is 0.934. The molecule has 1 aliphatic rings. The van der Waals surface area contributed by atoms with Gasteiger partial charge >= 0.3 is 0 Å². The fraction of sp³-hybridized carbons (Fsp3) is 0.312. The monoisotopic (exact) mass is 279 g/mol. The fourth-order valence-corrected chi connectivity index (χ4v) is 2.68. The van der Waals surface area contributed by atoms with Crippen LogP contribution >= 0.6 is 0 Å². The molecule has 0 fully saturated rings. The van der Waals surface area contributed by atoms with Gasteiger partial charge in [-0.15, -0.1) is 0 Å². The van der Waals surface area contributed by atoms with Crippen molar-refractivity contribution in [3.8, 4) is 6.07 Å². The lowest BCUT2D eigenvalue weighted by molar-refractivity contribution is 0.743. The summed E-state index contributed by atoms with van der Waals surface area (Å²) in [6.45, 7) is 1.76. The van der Waals surface area contributed by atoms with Crippen LogP contribution < -0.4 is 10.2 Å². The van der Waals surface area contributed by atoms with E-state index in [4.69, 9.17) is 5.26 Å². The van der Waals surface area contributed by atoms with Gasteiger partial charge in [0, 0.05) is 38.2 Å². The molecule has 0 saturated carbocycles. The molecule has 2 heterocycles. The Morgan fingerprint density at radius 1 is 1.33 bits per heavy atom. The highest BCUT2D eigenvalue weighted by Crippen LogP contribution is 2.27. The van der Waals surface area contributed by atoms with Crippen molar-refractivity contribution in [1.82, 2.24) is 9.97 Å². The minimum absolute atomic E-state index is 0.329. The highest BCUT2D eigenvalue weighted by Gasteiger charge is 2.13. The Balaban J connectivity index is 1.76. The maximum atomic E-state index is 9.00. The predicted molar refractivity (Wildman–Crippen MR) is 82.1 cm³/mol. The molecule has 0 radical (unpaired) electrons. The van der Waals surface area contributed by atoms with Crippen LogP contribution in [0.15, 0.2) is 30.6 Å². The molecule has 0 bridgehead atoms. The third-order valence-electron chi connectivity index (χ3n) is 3.76. The van der Waals surface area contributed by atoms with Gasteiger partial charge in [0.15, 0.2) is 11.5 Å². The first-order valence-corrected chi connectivity index (χ1v) is 7.06. The van der Waals surface area contributed by atoms with Crippen LogP contribution in [-0.4, -0.2) is 23.6 Å². The Kier molecular flexibility index (Phi) is 3.69. The lowest BCUT2D eigenvalue weighted by Gasteiger charge is -2.27.